The topological polar surface area (TPSA) is 84.9 Å². The summed E-state index contributed by atoms with van der Waals surface area (Å²) in [5, 5.41) is 2.75. The van der Waals surface area contributed by atoms with Gasteiger partial charge in [0.25, 0.3) is 11.1 Å². The van der Waals surface area contributed by atoms with E-state index in [-0.39, 0.29) is 18.1 Å². The Kier molecular flexibility index (Phi) is 8.96. The van der Waals surface area contributed by atoms with Crippen LogP contribution in [0, 0.1) is 0 Å². The van der Waals surface area contributed by atoms with E-state index in [1.54, 1.807) is 48.5 Å². The lowest BCUT2D eigenvalue weighted by Gasteiger charge is -2.14. The average molecular weight is 667 g/mol. The van der Waals surface area contributed by atoms with E-state index in [2.05, 4.69) is 37.2 Å². The van der Waals surface area contributed by atoms with Gasteiger partial charge in [0.05, 0.1) is 16.5 Å². The first-order valence-corrected chi connectivity index (χ1v) is 13.6. The Morgan fingerprint density at radius 2 is 1.84 bits per heavy atom. The molecule has 37 heavy (non-hydrogen) atoms. The van der Waals surface area contributed by atoms with Crippen molar-refractivity contribution in [2.45, 2.75) is 6.61 Å². The van der Waals surface area contributed by atoms with Crippen LogP contribution < -0.4 is 14.8 Å². The smallest absolute Gasteiger partial charge is 0.294 e. The molecule has 0 bridgehead atoms. The maximum atomic E-state index is 12.9. The van der Waals surface area contributed by atoms with Crippen molar-refractivity contribution in [2.24, 2.45) is 0 Å². The van der Waals surface area contributed by atoms with Gasteiger partial charge in [-0.2, -0.15) is 0 Å². The molecule has 1 N–H and O–H groups in total. The number of hydrogen-bond acceptors (Lipinski definition) is 6. The number of thioether (sulfide) groups is 1. The van der Waals surface area contributed by atoms with Crippen molar-refractivity contribution < 1.29 is 23.9 Å². The first-order chi connectivity index (χ1) is 17.7. The number of ether oxygens (including phenoxy) is 2. The number of benzene rings is 3. The molecule has 0 saturated carbocycles. The van der Waals surface area contributed by atoms with Gasteiger partial charge in [-0.15, -0.1) is 0 Å². The van der Waals surface area contributed by atoms with Crippen LogP contribution in [-0.4, -0.2) is 35.6 Å². The fourth-order valence-corrected chi connectivity index (χ4v) is 5.26. The second-order valence-electron chi connectivity index (χ2n) is 7.74. The molecule has 1 aliphatic rings. The maximum Gasteiger partial charge on any atom is 0.294 e. The summed E-state index contributed by atoms with van der Waals surface area (Å²) in [7, 11) is 1.51. The number of imide groups is 1. The number of amides is 3. The number of carbonyl (C=O) groups is 3. The number of anilines is 1. The molecule has 1 heterocycles. The molecule has 3 aromatic carbocycles. The lowest BCUT2D eigenvalue weighted by Crippen LogP contribution is -2.36. The number of methoxy groups -OCH3 is 1. The fourth-order valence-electron chi connectivity index (χ4n) is 3.39. The van der Waals surface area contributed by atoms with Gasteiger partial charge in [0.1, 0.15) is 13.2 Å². The van der Waals surface area contributed by atoms with Crippen LogP contribution in [-0.2, 0) is 16.2 Å². The van der Waals surface area contributed by atoms with Crippen LogP contribution in [0.2, 0.25) is 5.02 Å². The van der Waals surface area contributed by atoms with Crippen molar-refractivity contribution in [3.8, 4) is 11.5 Å². The van der Waals surface area contributed by atoms with Gasteiger partial charge in [0.15, 0.2) is 11.5 Å². The first-order valence-electron chi connectivity index (χ1n) is 10.8. The van der Waals surface area contributed by atoms with Crippen molar-refractivity contribution in [3.05, 3.63) is 90.7 Å². The SMILES string of the molecule is COc1cc(/C=C2/SC(=O)N(CC(=O)Nc3ccc(Br)cc3)C2=O)cc(Br)c1OCc1ccccc1Cl. The second kappa shape index (κ2) is 12.2. The van der Waals surface area contributed by atoms with E-state index in [1.807, 2.05) is 18.2 Å². The molecule has 0 spiro atoms. The van der Waals surface area contributed by atoms with Crippen LogP contribution in [0.3, 0.4) is 0 Å². The molecule has 0 aromatic heterocycles. The van der Waals surface area contributed by atoms with Gasteiger partial charge in [-0.05, 0) is 81.8 Å². The van der Waals surface area contributed by atoms with Crippen LogP contribution in [0.4, 0.5) is 10.5 Å². The van der Waals surface area contributed by atoms with E-state index in [4.69, 9.17) is 21.1 Å². The summed E-state index contributed by atoms with van der Waals surface area (Å²) in [6.07, 6.45) is 1.57. The molecule has 0 aliphatic carbocycles. The number of nitrogens with zero attached hydrogens (tertiary/aromatic N) is 1. The minimum atomic E-state index is -0.546. The molecule has 4 rings (SSSR count). The highest BCUT2D eigenvalue weighted by atomic mass is 79.9. The monoisotopic (exact) mass is 664 g/mol. The van der Waals surface area contributed by atoms with Gasteiger partial charge in [-0.3, -0.25) is 19.3 Å². The van der Waals surface area contributed by atoms with Crippen LogP contribution in [0.15, 0.2) is 74.5 Å². The average Bonchev–Trinajstić information content (AvgIpc) is 3.12. The third-order valence-corrected chi connectivity index (χ3v) is 7.58. The van der Waals surface area contributed by atoms with Gasteiger partial charge in [-0.25, -0.2) is 0 Å². The van der Waals surface area contributed by atoms with Crippen molar-refractivity contribution >= 4 is 84.0 Å². The molecule has 3 amide bonds. The quantitative estimate of drug-likeness (QED) is 0.258. The summed E-state index contributed by atoms with van der Waals surface area (Å²) in [5.74, 6) is -0.122. The van der Waals surface area contributed by atoms with E-state index in [0.717, 1.165) is 26.7 Å². The molecule has 3 aromatic rings. The summed E-state index contributed by atoms with van der Waals surface area (Å²) < 4.78 is 12.9. The van der Waals surface area contributed by atoms with E-state index in [0.29, 0.717) is 32.2 Å². The summed E-state index contributed by atoms with van der Waals surface area (Å²) in [6, 6.07) is 17.8. The first kappa shape index (κ1) is 27.3. The van der Waals surface area contributed by atoms with Crippen molar-refractivity contribution in [1.29, 1.82) is 0 Å². The molecule has 0 unspecified atom stereocenters. The standard InChI is InChI=1S/C26H19Br2ClN2O5S/c1-35-21-11-15(10-19(28)24(21)36-14-16-4-2-3-5-20(16)29)12-22-25(33)31(26(34)37-22)13-23(32)30-18-8-6-17(27)7-9-18/h2-12H,13-14H2,1H3,(H,30,32)/b22-12+. The normalized spacial score (nSPS) is 14.3. The van der Waals surface area contributed by atoms with Crippen LogP contribution in [0.25, 0.3) is 6.08 Å². The van der Waals surface area contributed by atoms with Gasteiger partial charge in [0, 0.05) is 20.7 Å². The van der Waals surface area contributed by atoms with Gasteiger partial charge in [-0.1, -0.05) is 45.7 Å². The zero-order valence-electron chi connectivity index (χ0n) is 19.3. The summed E-state index contributed by atoms with van der Waals surface area (Å²) >= 11 is 13.8. The Labute approximate surface area is 239 Å². The Balaban J connectivity index is 1.47. The highest BCUT2D eigenvalue weighted by molar-refractivity contribution is 9.10. The van der Waals surface area contributed by atoms with Crippen molar-refractivity contribution in [2.75, 3.05) is 19.0 Å². The van der Waals surface area contributed by atoms with Crippen molar-refractivity contribution in [3.63, 3.8) is 0 Å². The fraction of sp³-hybridized carbons (Fsp3) is 0.115. The molecule has 1 saturated heterocycles. The maximum absolute atomic E-state index is 12.9. The number of nitrogens with one attached hydrogen (secondary N) is 1. The molecule has 0 radical (unpaired) electrons. The number of halogens is 3. The largest absolute Gasteiger partial charge is 0.493 e. The predicted octanol–water partition coefficient (Wildman–Crippen LogP) is 7.13. The molecule has 7 nitrogen and oxygen atoms in total. The Morgan fingerprint density at radius 1 is 1.11 bits per heavy atom. The molecular weight excluding hydrogens is 648 g/mol. The number of carbonyl (C=O) groups excluding carboxylic acids is 3. The number of rotatable bonds is 8. The highest BCUT2D eigenvalue weighted by Gasteiger charge is 2.36. The van der Waals surface area contributed by atoms with Crippen LogP contribution in [0.1, 0.15) is 11.1 Å². The van der Waals surface area contributed by atoms with Crippen LogP contribution >= 0.6 is 55.2 Å². The van der Waals surface area contributed by atoms with E-state index in [9.17, 15) is 14.4 Å². The summed E-state index contributed by atoms with van der Waals surface area (Å²) in [4.78, 5) is 38.9. The molecule has 190 valence electrons. The molecular formula is C26H19Br2ClN2O5S. The lowest BCUT2D eigenvalue weighted by atomic mass is 10.1. The minimum Gasteiger partial charge on any atom is -0.493 e. The zero-order chi connectivity index (χ0) is 26.5. The molecule has 11 heteroatoms. The zero-order valence-corrected chi connectivity index (χ0v) is 24.0. The highest BCUT2D eigenvalue weighted by Crippen LogP contribution is 2.39. The van der Waals surface area contributed by atoms with E-state index >= 15 is 0 Å². The van der Waals surface area contributed by atoms with Crippen molar-refractivity contribution in [1.82, 2.24) is 4.90 Å². The van der Waals surface area contributed by atoms with Gasteiger partial charge in [0.2, 0.25) is 5.91 Å². The summed E-state index contributed by atoms with van der Waals surface area (Å²) in [6.45, 7) is -0.158. The Morgan fingerprint density at radius 3 is 2.54 bits per heavy atom. The molecule has 0 atom stereocenters. The lowest BCUT2D eigenvalue weighted by molar-refractivity contribution is -0.127. The number of hydrogen-bond donors (Lipinski definition) is 1. The van der Waals surface area contributed by atoms with Gasteiger partial charge >= 0.3 is 0 Å². The molecule has 1 aliphatic heterocycles. The minimum absolute atomic E-state index is 0.195. The third kappa shape index (κ3) is 6.75. The third-order valence-electron chi connectivity index (χ3n) is 5.18. The van der Waals surface area contributed by atoms with E-state index < -0.39 is 17.1 Å². The second-order valence-corrected chi connectivity index (χ2v) is 10.9. The molecule has 1 fully saturated rings. The summed E-state index contributed by atoms with van der Waals surface area (Å²) in [5.41, 5.74) is 1.99. The van der Waals surface area contributed by atoms with E-state index in [1.165, 1.54) is 7.11 Å². The predicted molar refractivity (Wildman–Crippen MR) is 152 cm³/mol. The Hall–Kier alpha value is -2.79. The Bertz CT molecular complexity index is 1400. The van der Waals surface area contributed by atoms with Gasteiger partial charge < -0.3 is 14.8 Å². The van der Waals surface area contributed by atoms with Crippen LogP contribution in [0.5, 0.6) is 11.5 Å².